The van der Waals surface area contributed by atoms with Gasteiger partial charge in [-0.1, -0.05) is 23.7 Å². The van der Waals surface area contributed by atoms with Crippen LogP contribution in [0.3, 0.4) is 0 Å². The number of hydrogen-bond donors (Lipinski definition) is 3. The van der Waals surface area contributed by atoms with Crippen LogP contribution >= 0.6 is 11.6 Å². The lowest BCUT2D eigenvalue weighted by molar-refractivity contribution is -0.0264. The molecule has 5 atom stereocenters. The van der Waals surface area contributed by atoms with E-state index in [1.54, 1.807) is 24.3 Å². The van der Waals surface area contributed by atoms with Gasteiger partial charge in [0.25, 0.3) is 0 Å². The van der Waals surface area contributed by atoms with Crippen molar-refractivity contribution >= 4 is 22.6 Å². The maximum atomic E-state index is 10.7. The smallest absolute Gasteiger partial charge is 0.143 e. The highest BCUT2D eigenvalue weighted by molar-refractivity contribution is 6.30. The highest BCUT2D eigenvalue weighted by atomic mass is 35.5. The van der Waals surface area contributed by atoms with Gasteiger partial charge in [0.05, 0.1) is 23.9 Å². The molecule has 0 amide bonds. The number of nitrogens with zero attached hydrogens (tertiary/aromatic N) is 3. The van der Waals surface area contributed by atoms with Crippen LogP contribution < -0.4 is 0 Å². The minimum Gasteiger partial charge on any atom is -0.390 e. The summed E-state index contributed by atoms with van der Waals surface area (Å²) in [6.07, 6.45) is 0.796. The van der Waals surface area contributed by atoms with Crippen molar-refractivity contribution in [2.24, 2.45) is 5.92 Å². The third-order valence-corrected chi connectivity index (χ3v) is 5.59. The zero-order valence-corrected chi connectivity index (χ0v) is 15.0. The highest BCUT2D eigenvalue weighted by Crippen LogP contribution is 2.43. The van der Waals surface area contributed by atoms with Crippen LogP contribution in [0, 0.1) is 12.8 Å². The summed E-state index contributed by atoms with van der Waals surface area (Å²) >= 11 is 6.01. The number of halogens is 1. The van der Waals surface area contributed by atoms with Crippen LogP contribution in [0.15, 0.2) is 42.9 Å². The van der Waals surface area contributed by atoms with E-state index in [1.165, 1.54) is 6.33 Å². The predicted molar refractivity (Wildman–Crippen MR) is 97.8 cm³/mol. The minimum absolute atomic E-state index is 0.379. The Morgan fingerprint density at radius 1 is 1.19 bits per heavy atom. The molecular formula is C19H20ClN3O3. The Bertz CT molecular complexity index is 945. The molecule has 1 aliphatic carbocycles. The van der Waals surface area contributed by atoms with Gasteiger partial charge in [-0.3, -0.25) is 0 Å². The van der Waals surface area contributed by atoms with Gasteiger partial charge in [-0.05, 0) is 37.1 Å². The first kappa shape index (κ1) is 17.4. The summed E-state index contributed by atoms with van der Waals surface area (Å²) in [7, 11) is 0. The quantitative estimate of drug-likeness (QED) is 0.655. The third-order valence-electron chi connectivity index (χ3n) is 5.36. The first-order chi connectivity index (χ1) is 12.5. The Hall–Kier alpha value is -1.99. The molecule has 1 saturated carbocycles. The number of aryl methyl sites for hydroxylation is 1. The van der Waals surface area contributed by atoms with Gasteiger partial charge in [0.2, 0.25) is 0 Å². The largest absolute Gasteiger partial charge is 0.390 e. The van der Waals surface area contributed by atoms with Gasteiger partial charge >= 0.3 is 0 Å². The Kier molecular flexibility index (Phi) is 4.44. The molecule has 0 unspecified atom stereocenters. The maximum Gasteiger partial charge on any atom is 0.143 e. The van der Waals surface area contributed by atoms with Crippen LogP contribution in [0.5, 0.6) is 0 Å². The maximum absolute atomic E-state index is 10.7. The van der Waals surface area contributed by atoms with Crippen LogP contribution in [0.1, 0.15) is 29.8 Å². The van der Waals surface area contributed by atoms with Gasteiger partial charge in [-0.15, -0.1) is 0 Å². The monoisotopic (exact) mass is 373 g/mol. The van der Waals surface area contributed by atoms with E-state index in [4.69, 9.17) is 11.6 Å². The van der Waals surface area contributed by atoms with Crippen molar-refractivity contribution in [3.8, 4) is 0 Å². The lowest BCUT2D eigenvalue weighted by atomic mass is 9.92. The van der Waals surface area contributed by atoms with E-state index in [0.717, 1.165) is 11.1 Å². The summed E-state index contributed by atoms with van der Waals surface area (Å²) in [6.45, 7) is 1.90. The van der Waals surface area contributed by atoms with Crippen LogP contribution in [-0.4, -0.2) is 42.1 Å². The molecular weight excluding hydrogens is 354 g/mol. The van der Waals surface area contributed by atoms with Crippen molar-refractivity contribution < 1.29 is 15.3 Å². The molecule has 1 aliphatic rings. The molecule has 0 radical (unpaired) electrons. The second-order valence-corrected chi connectivity index (χ2v) is 7.30. The molecule has 3 N–H and O–H groups in total. The van der Waals surface area contributed by atoms with E-state index in [0.29, 0.717) is 22.7 Å². The van der Waals surface area contributed by atoms with Gasteiger partial charge in [0.15, 0.2) is 0 Å². The number of rotatable bonds is 3. The molecule has 136 valence electrons. The second-order valence-electron chi connectivity index (χ2n) is 6.87. The van der Waals surface area contributed by atoms with Gasteiger partial charge in [-0.2, -0.15) is 0 Å². The standard InChI is InChI=1S/C19H20ClN3O3/c1-10-13-5-6-23(19(13)22-9-21-10)15-8-14(17(25)18(15)26)16(24)11-3-2-4-12(20)7-11/h2-7,9,14-18,24-26H,8H2,1H3/t14-,15-,16+,17-,18+/m1/s1. The van der Waals surface area contributed by atoms with Gasteiger partial charge < -0.3 is 19.9 Å². The molecule has 3 aromatic rings. The molecule has 4 rings (SSSR count). The summed E-state index contributed by atoms with van der Waals surface area (Å²) in [5.41, 5.74) is 2.20. The highest BCUT2D eigenvalue weighted by Gasteiger charge is 2.46. The fourth-order valence-corrected chi connectivity index (χ4v) is 4.13. The van der Waals surface area contributed by atoms with Crippen LogP contribution in [0.2, 0.25) is 5.02 Å². The lowest BCUT2D eigenvalue weighted by Crippen LogP contribution is -2.31. The Morgan fingerprint density at radius 2 is 2.00 bits per heavy atom. The molecule has 6 nitrogen and oxygen atoms in total. The molecule has 2 aromatic heterocycles. The average Bonchev–Trinajstić information content (AvgIpc) is 3.18. The van der Waals surface area contributed by atoms with Crippen molar-refractivity contribution in [1.29, 1.82) is 0 Å². The fourth-order valence-electron chi connectivity index (χ4n) is 3.94. The number of benzene rings is 1. The topological polar surface area (TPSA) is 91.4 Å². The van der Waals surface area contributed by atoms with Crippen LogP contribution in [-0.2, 0) is 0 Å². The zero-order chi connectivity index (χ0) is 18.4. The van der Waals surface area contributed by atoms with Crippen LogP contribution in [0.25, 0.3) is 11.0 Å². The van der Waals surface area contributed by atoms with Crippen molar-refractivity contribution in [2.75, 3.05) is 0 Å². The first-order valence-electron chi connectivity index (χ1n) is 8.55. The van der Waals surface area contributed by atoms with Crippen LogP contribution in [0.4, 0.5) is 0 Å². The van der Waals surface area contributed by atoms with E-state index >= 15 is 0 Å². The van der Waals surface area contributed by atoms with Crippen molar-refractivity contribution in [2.45, 2.75) is 37.7 Å². The van der Waals surface area contributed by atoms with Crippen molar-refractivity contribution in [3.05, 3.63) is 59.1 Å². The van der Waals surface area contributed by atoms with Gasteiger partial charge in [0.1, 0.15) is 18.1 Å². The van der Waals surface area contributed by atoms with Gasteiger partial charge in [0, 0.05) is 22.5 Å². The zero-order valence-electron chi connectivity index (χ0n) is 14.2. The number of fused-ring (bicyclic) bond motifs is 1. The minimum atomic E-state index is -1.05. The van der Waals surface area contributed by atoms with E-state index in [-0.39, 0.29) is 6.04 Å². The Balaban J connectivity index is 1.66. The number of aliphatic hydroxyl groups is 3. The van der Waals surface area contributed by atoms with Crippen molar-refractivity contribution in [1.82, 2.24) is 14.5 Å². The average molecular weight is 374 g/mol. The lowest BCUT2D eigenvalue weighted by Gasteiger charge is -2.22. The number of aliphatic hydroxyl groups excluding tert-OH is 3. The summed E-state index contributed by atoms with van der Waals surface area (Å²) in [5.74, 6) is -0.506. The third kappa shape index (κ3) is 2.79. The summed E-state index contributed by atoms with van der Waals surface area (Å²) in [4.78, 5) is 8.51. The molecule has 0 bridgehead atoms. The fraction of sp³-hybridized carbons (Fsp3) is 0.368. The van der Waals surface area contributed by atoms with E-state index in [9.17, 15) is 15.3 Å². The first-order valence-corrected chi connectivity index (χ1v) is 8.93. The molecule has 1 fully saturated rings. The normalized spacial score (nSPS) is 27.1. The van der Waals surface area contributed by atoms with Gasteiger partial charge in [-0.25, -0.2) is 9.97 Å². The van der Waals surface area contributed by atoms with E-state index < -0.39 is 24.2 Å². The molecule has 7 heteroatoms. The number of hydrogen-bond acceptors (Lipinski definition) is 5. The van der Waals surface area contributed by atoms with Crippen molar-refractivity contribution in [3.63, 3.8) is 0 Å². The van der Waals surface area contributed by atoms with E-state index in [2.05, 4.69) is 9.97 Å². The molecule has 0 spiro atoms. The second kappa shape index (κ2) is 6.63. The molecule has 2 heterocycles. The number of aromatic nitrogens is 3. The summed E-state index contributed by atoms with van der Waals surface area (Å²) in [5, 5.41) is 33.4. The molecule has 0 saturated heterocycles. The molecule has 26 heavy (non-hydrogen) atoms. The SMILES string of the molecule is Cc1ncnc2c1ccn2[C@@H]1C[C@H]([C@@H](O)c2cccc(Cl)c2)[C@@H](O)[C@H]1O. The summed E-state index contributed by atoms with van der Waals surface area (Å²) in [6, 6.07) is 8.47. The molecule has 0 aliphatic heterocycles. The summed E-state index contributed by atoms with van der Waals surface area (Å²) < 4.78 is 1.86. The Labute approximate surface area is 155 Å². The van der Waals surface area contributed by atoms with E-state index in [1.807, 2.05) is 23.8 Å². The predicted octanol–water partition coefficient (Wildman–Crippen LogP) is 2.41. The Morgan fingerprint density at radius 3 is 2.77 bits per heavy atom. The molecule has 1 aromatic carbocycles.